The molecule has 0 unspecified atom stereocenters. The number of aromatic nitrogens is 5. The molecule has 0 bridgehead atoms. The average molecular weight is 421 g/mol. The van der Waals surface area contributed by atoms with Crippen molar-refractivity contribution in [2.45, 2.75) is 45.8 Å². The summed E-state index contributed by atoms with van der Waals surface area (Å²) >= 11 is 0. The van der Waals surface area contributed by atoms with E-state index in [1.165, 1.54) is 0 Å². The molecule has 31 heavy (non-hydrogen) atoms. The molecule has 0 aromatic carbocycles. The van der Waals surface area contributed by atoms with Crippen LogP contribution in [-0.2, 0) is 18.6 Å². The van der Waals surface area contributed by atoms with Gasteiger partial charge in [0, 0.05) is 26.2 Å². The van der Waals surface area contributed by atoms with Gasteiger partial charge >= 0.3 is 0 Å². The fourth-order valence-corrected chi connectivity index (χ4v) is 3.79. The molecule has 0 atom stereocenters. The lowest BCUT2D eigenvalue weighted by Gasteiger charge is -2.23. The molecule has 4 heterocycles. The van der Waals surface area contributed by atoms with Gasteiger partial charge in [-0.15, -0.1) is 10.2 Å². The number of hydrogen-bond donors (Lipinski definition) is 1. The molecule has 1 amide bonds. The summed E-state index contributed by atoms with van der Waals surface area (Å²) in [5, 5.41) is 8.25. The molecule has 0 aliphatic carbocycles. The van der Waals surface area contributed by atoms with Crippen LogP contribution in [0.25, 0.3) is 11.5 Å². The molecule has 9 nitrogen and oxygen atoms in total. The van der Waals surface area contributed by atoms with Gasteiger partial charge in [0.2, 0.25) is 0 Å². The number of amides is 1. The maximum absolute atomic E-state index is 13.4. The van der Waals surface area contributed by atoms with Crippen LogP contribution < -0.4 is 15.5 Å². The van der Waals surface area contributed by atoms with Crippen molar-refractivity contribution in [3.05, 3.63) is 47.4 Å². The fourth-order valence-electron chi connectivity index (χ4n) is 3.79. The molecule has 3 aromatic rings. The number of anilines is 2. The van der Waals surface area contributed by atoms with E-state index in [4.69, 9.17) is 15.7 Å². The molecule has 1 aliphatic heterocycles. The first-order valence-corrected chi connectivity index (χ1v) is 10.4. The summed E-state index contributed by atoms with van der Waals surface area (Å²) in [7, 11) is 3.80. The summed E-state index contributed by atoms with van der Waals surface area (Å²) in [5.41, 5.74) is 8.61. The predicted octanol–water partition coefficient (Wildman–Crippen LogP) is 2.57. The Morgan fingerprint density at radius 3 is 2.68 bits per heavy atom. The standard InChI is InChI=1S/C22H28N8O/c1-6-10-29-13-24-27-20(29)16-8-7-9-17(25-16)30-12-15-14(21(30)31)11-18(28(4)5)26-19(15)22(2,3)23/h7-9,11,13H,6,10,12,23H2,1-5H3. The van der Waals surface area contributed by atoms with E-state index in [1.54, 1.807) is 11.2 Å². The van der Waals surface area contributed by atoms with E-state index in [-0.39, 0.29) is 5.91 Å². The van der Waals surface area contributed by atoms with Gasteiger partial charge in [0.15, 0.2) is 5.82 Å². The lowest BCUT2D eigenvalue weighted by atomic mass is 9.94. The number of fused-ring (bicyclic) bond motifs is 1. The van der Waals surface area contributed by atoms with Gasteiger partial charge in [-0.2, -0.15) is 0 Å². The first kappa shape index (κ1) is 20.9. The molecule has 3 aromatic heterocycles. The molecular weight excluding hydrogens is 392 g/mol. The molecule has 9 heteroatoms. The Kier molecular flexibility index (Phi) is 5.22. The summed E-state index contributed by atoms with van der Waals surface area (Å²) in [6.07, 6.45) is 2.66. The minimum absolute atomic E-state index is 0.106. The second kappa shape index (κ2) is 7.73. The first-order valence-electron chi connectivity index (χ1n) is 10.4. The highest BCUT2D eigenvalue weighted by Crippen LogP contribution is 2.35. The Bertz CT molecular complexity index is 1130. The van der Waals surface area contributed by atoms with Gasteiger partial charge in [0.25, 0.3) is 5.91 Å². The molecule has 4 rings (SSSR count). The predicted molar refractivity (Wildman–Crippen MR) is 120 cm³/mol. The van der Waals surface area contributed by atoms with Gasteiger partial charge in [-0.05, 0) is 38.5 Å². The monoisotopic (exact) mass is 420 g/mol. The summed E-state index contributed by atoms with van der Waals surface area (Å²) in [5.74, 6) is 1.85. The van der Waals surface area contributed by atoms with Crippen molar-refractivity contribution in [3.63, 3.8) is 0 Å². The Morgan fingerprint density at radius 1 is 1.23 bits per heavy atom. The van der Waals surface area contributed by atoms with Gasteiger partial charge in [0.1, 0.15) is 23.7 Å². The Labute approximate surface area is 181 Å². The second-order valence-electron chi connectivity index (χ2n) is 8.59. The number of carbonyl (C=O) groups is 1. The normalized spacial score (nSPS) is 13.6. The van der Waals surface area contributed by atoms with Crippen LogP contribution in [0, 0.1) is 0 Å². The lowest BCUT2D eigenvalue weighted by Crippen LogP contribution is -2.32. The van der Waals surface area contributed by atoms with Crippen molar-refractivity contribution < 1.29 is 4.79 Å². The topological polar surface area (TPSA) is 106 Å². The van der Waals surface area contributed by atoms with Crippen molar-refractivity contribution in [3.8, 4) is 11.5 Å². The number of hydrogen-bond acceptors (Lipinski definition) is 7. The molecule has 0 saturated carbocycles. The van der Waals surface area contributed by atoms with Crippen molar-refractivity contribution >= 4 is 17.5 Å². The highest BCUT2D eigenvalue weighted by molar-refractivity contribution is 6.10. The van der Waals surface area contributed by atoms with Crippen LogP contribution in [0.5, 0.6) is 0 Å². The van der Waals surface area contributed by atoms with Crippen molar-refractivity contribution in [2.24, 2.45) is 5.73 Å². The largest absolute Gasteiger partial charge is 0.363 e. The van der Waals surface area contributed by atoms with Gasteiger partial charge in [-0.1, -0.05) is 13.0 Å². The van der Waals surface area contributed by atoms with Gasteiger partial charge in [-0.25, -0.2) is 9.97 Å². The number of nitrogens with zero attached hydrogens (tertiary/aromatic N) is 7. The Morgan fingerprint density at radius 2 is 2.00 bits per heavy atom. The summed E-state index contributed by atoms with van der Waals surface area (Å²) in [4.78, 5) is 26.4. The summed E-state index contributed by atoms with van der Waals surface area (Å²) in [6, 6.07) is 7.43. The third-order valence-electron chi connectivity index (χ3n) is 5.29. The Hall–Kier alpha value is -3.33. The van der Waals surface area contributed by atoms with Crippen LogP contribution >= 0.6 is 0 Å². The van der Waals surface area contributed by atoms with E-state index in [9.17, 15) is 4.79 Å². The van der Waals surface area contributed by atoms with Crippen LogP contribution in [-0.4, -0.2) is 44.7 Å². The molecule has 0 spiro atoms. The highest BCUT2D eigenvalue weighted by atomic mass is 16.2. The van der Waals surface area contributed by atoms with Crippen LogP contribution in [0.3, 0.4) is 0 Å². The van der Waals surface area contributed by atoms with E-state index in [0.717, 1.165) is 24.2 Å². The van der Waals surface area contributed by atoms with Crippen molar-refractivity contribution in [1.82, 2.24) is 24.7 Å². The van der Waals surface area contributed by atoms with E-state index in [1.807, 2.05) is 61.7 Å². The third-order valence-corrected chi connectivity index (χ3v) is 5.29. The zero-order chi connectivity index (χ0) is 22.3. The van der Waals surface area contributed by atoms with E-state index < -0.39 is 5.54 Å². The molecule has 0 fully saturated rings. The minimum atomic E-state index is -0.682. The SMILES string of the molecule is CCCn1cnnc1-c1cccc(N2Cc3c(cc(N(C)C)nc3C(C)(C)N)C2=O)n1. The zero-order valence-electron chi connectivity index (χ0n) is 18.6. The molecule has 162 valence electrons. The second-order valence-corrected chi connectivity index (χ2v) is 8.59. The third kappa shape index (κ3) is 3.76. The zero-order valence-corrected chi connectivity index (χ0v) is 18.6. The van der Waals surface area contributed by atoms with Gasteiger partial charge in [-0.3, -0.25) is 9.69 Å². The van der Waals surface area contributed by atoms with Crippen LogP contribution in [0.1, 0.15) is 48.8 Å². The van der Waals surface area contributed by atoms with Gasteiger partial charge < -0.3 is 15.2 Å². The fraction of sp³-hybridized carbons (Fsp3) is 0.409. The smallest absolute Gasteiger partial charge is 0.260 e. The van der Waals surface area contributed by atoms with E-state index >= 15 is 0 Å². The minimum Gasteiger partial charge on any atom is -0.363 e. The maximum atomic E-state index is 13.4. The van der Waals surface area contributed by atoms with Crippen LogP contribution in [0.4, 0.5) is 11.6 Å². The molecule has 2 N–H and O–H groups in total. The number of rotatable bonds is 6. The first-order chi connectivity index (χ1) is 14.7. The summed E-state index contributed by atoms with van der Waals surface area (Å²) in [6.45, 7) is 7.09. The van der Waals surface area contributed by atoms with Crippen molar-refractivity contribution in [2.75, 3.05) is 23.9 Å². The van der Waals surface area contributed by atoms with Crippen LogP contribution in [0.2, 0.25) is 0 Å². The van der Waals surface area contributed by atoms with Crippen molar-refractivity contribution in [1.29, 1.82) is 0 Å². The number of pyridine rings is 2. The molecule has 0 radical (unpaired) electrons. The quantitative estimate of drug-likeness (QED) is 0.653. The maximum Gasteiger partial charge on any atom is 0.260 e. The molecule has 1 aliphatic rings. The Balaban J connectivity index is 1.75. The lowest BCUT2D eigenvalue weighted by molar-refractivity contribution is 0.0996. The molecule has 0 saturated heterocycles. The highest BCUT2D eigenvalue weighted by Gasteiger charge is 2.36. The number of nitrogens with two attached hydrogens (primary N) is 1. The van der Waals surface area contributed by atoms with Gasteiger partial charge in [0.05, 0.1) is 23.3 Å². The number of carbonyl (C=O) groups excluding carboxylic acids is 1. The van der Waals surface area contributed by atoms with E-state index in [2.05, 4.69) is 17.1 Å². The molecular formula is C22H28N8O. The van der Waals surface area contributed by atoms with E-state index in [0.29, 0.717) is 35.3 Å². The number of aryl methyl sites for hydroxylation is 1. The average Bonchev–Trinajstić information content (AvgIpc) is 3.31. The van der Waals surface area contributed by atoms with Crippen LogP contribution in [0.15, 0.2) is 30.6 Å². The summed E-state index contributed by atoms with van der Waals surface area (Å²) < 4.78 is 1.97.